The number of hydrogen-bond acceptors (Lipinski definition) is 6. The molecule has 0 radical (unpaired) electrons. The Kier molecular flexibility index (Phi) is 9.12. The van der Waals surface area contributed by atoms with E-state index in [9.17, 15) is 14.0 Å². The summed E-state index contributed by atoms with van der Waals surface area (Å²) in [6.45, 7) is 3.57. The van der Waals surface area contributed by atoms with E-state index in [1.807, 2.05) is 13.0 Å². The van der Waals surface area contributed by atoms with Crippen LogP contribution in [0.4, 0.5) is 4.39 Å². The largest absolute Gasteiger partial charge is 0.398 e. The van der Waals surface area contributed by atoms with Gasteiger partial charge in [-0.3, -0.25) is 9.59 Å². The van der Waals surface area contributed by atoms with Crippen LogP contribution in [0, 0.1) is 24.6 Å². The molecule has 0 spiro atoms. The van der Waals surface area contributed by atoms with Gasteiger partial charge in [-0.1, -0.05) is 34.4 Å². The molecule has 33 heavy (non-hydrogen) atoms. The standard InChI is InChI=1S/C24H25FN4O4/c1-15-7-6-8-19(22(29-32-5)24(31)27-4)21(15)14-33-28-16(2)9-10-17-11-12-18(25)13-20(17)23(30)26-3/h6-8,11-13H,14H2,1-5H3,(H,26,30)(H,27,31)/b28-16+,29-22+. The Morgan fingerprint density at radius 3 is 2.52 bits per heavy atom. The highest BCUT2D eigenvalue weighted by Crippen LogP contribution is 2.17. The van der Waals surface area contributed by atoms with E-state index in [0.717, 1.165) is 11.6 Å². The number of oxime groups is 2. The molecule has 0 aliphatic heterocycles. The van der Waals surface area contributed by atoms with Gasteiger partial charge in [0.1, 0.15) is 25.2 Å². The molecule has 0 heterocycles. The predicted octanol–water partition coefficient (Wildman–Crippen LogP) is 2.53. The topological polar surface area (TPSA) is 101 Å². The van der Waals surface area contributed by atoms with Crippen LogP contribution < -0.4 is 10.6 Å². The fourth-order valence-corrected chi connectivity index (χ4v) is 2.86. The number of benzene rings is 2. The van der Waals surface area contributed by atoms with Gasteiger partial charge in [0.05, 0.1) is 5.56 Å². The summed E-state index contributed by atoms with van der Waals surface area (Å²) in [6, 6.07) is 9.19. The minimum Gasteiger partial charge on any atom is -0.398 e. The molecule has 0 saturated heterocycles. The number of hydrogen-bond donors (Lipinski definition) is 2. The zero-order valence-corrected chi connectivity index (χ0v) is 19.1. The van der Waals surface area contributed by atoms with Gasteiger partial charge in [-0.05, 0) is 43.5 Å². The molecule has 0 unspecified atom stereocenters. The Morgan fingerprint density at radius 1 is 1.09 bits per heavy atom. The quantitative estimate of drug-likeness (QED) is 0.383. The first-order chi connectivity index (χ1) is 15.8. The second-order valence-electron chi connectivity index (χ2n) is 6.77. The molecule has 0 bridgehead atoms. The summed E-state index contributed by atoms with van der Waals surface area (Å²) in [5.74, 6) is 4.22. The molecule has 0 atom stereocenters. The van der Waals surface area contributed by atoms with E-state index in [-0.39, 0.29) is 17.9 Å². The first-order valence-electron chi connectivity index (χ1n) is 9.94. The van der Waals surface area contributed by atoms with Gasteiger partial charge in [-0.25, -0.2) is 4.39 Å². The first-order valence-corrected chi connectivity index (χ1v) is 9.94. The van der Waals surface area contributed by atoms with Crippen LogP contribution in [-0.2, 0) is 21.1 Å². The maximum absolute atomic E-state index is 13.5. The molecule has 0 aromatic heterocycles. The van der Waals surface area contributed by atoms with Crippen LogP contribution in [0.1, 0.15) is 39.5 Å². The lowest BCUT2D eigenvalue weighted by molar-refractivity contribution is -0.114. The molecule has 172 valence electrons. The molecule has 2 rings (SSSR count). The third-order valence-corrected chi connectivity index (χ3v) is 4.53. The Morgan fingerprint density at radius 2 is 1.85 bits per heavy atom. The van der Waals surface area contributed by atoms with Crippen molar-refractivity contribution in [2.24, 2.45) is 10.3 Å². The van der Waals surface area contributed by atoms with Crippen LogP contribution >= 0.6 is 0 Å². The third kappa shape index (κ3) is 6.64. The SMILES string of the molecule is CNC(=O)/C(=N/OC)c1cccc(C)c1CO/N=C(\C)C#Cc1ccc(F)cc1C(=O)NC. The number of nitrogens with zero attached hydrogens (tertiary/aromatic N) is 2. The van der Waals surface area contributed by atoms with Crippen molar-refractivity contribution < 1.29 is 23.7 Å². The van der Waals surface area contributed by atoms with Crippen molar-refractivity contribution in [3.8, 4) is 11.8 Å². The van der Waals surface area contributed by atoms with Gasteiger partial charge in [0.25, 0.3) is 11.8 Å². The molecule has 0 saturated carbocycles. The lowest BCUT2D eigenvalue weighted by Gasteiger charge is -2.12. The Balaban J connectivity index is 2.25. The molecule has 2 amide bonds. The van der Waals surface area contributed by atoms with Crippen LogP contribution in [-0.4, -0.2) is 44.4 Å². The van der Waals surface area contributed by atoms with Gasteiger partial charge < -0.3 is 20.3 Å². The summed E-state index contributed by atoms with van der Waals surface area (Å²) >= 11 is 0. The molecule has 2 aromatic carbocycles. The second-order valence-corrected chi connectivity index (χ2v) is 6.77. The summed E-state index contributed by atoms with van der Waals surface area (Å²) in [6.07, 6.45) is 0. The van der Waals surface area contributed by atoms with E-state index < -0.39 is 17.6 Å². The zero-order chi connectivity index (χ0) is 24.4. The Labute approximate surface area is 191 Å². The lowest BCUT2D eigenvalue weighted by atomic mass is 9.98. The maximum Gasteiger partial charge on any atom is 0.273 e. The molecular weight excluding hydrogens is 427 g/mol. The smallest absolute Gasteiger partial charge is 0.273 e. The number of nitrogens with one attached hydrogen (secondary N) is 2. The molecule has 8 nitrogen and oxygen atoms in total. The van der Waals surface area contributed by atoms with Gasteiger partial charge in [-0.15, -0.1) is 0 Å². The van der Waals surface area contributed by atoms with Crippen molar-refractivity contribution in [1.29, 1.82) is 0 Å². The first kappa shape index (κ1) is 25.1. The fourth-order valence-electron chi connectivity index (χ4n) is 2.86. The van der Waals surface area contributed by atoms with Crippen molar-refractivity contribution in [2.45, 2.75) is 20.5 Å². The lowest BCUT2D eigenvalue weighted by Crippen LogP contribution is -2.29. The molecule has 9 heteroatoms. The summed E-state index contributed by atoms with van der Waals surface area (Å²) in [4.78, 5) is 34.5. The van der Waals surface area contributed by atoms with Crippen molar-refractivity contribution in [3.05, 3.63) is 70.0 Å². The number of aryl methyl sites for hydroxylation is 1. The van der Waals surface area contributed by atoms with Crippen molar-refractivity contribution >= 4 is 23.2 Å². The second kappa shape index (κ2) is 12.0. The predicted molar refractivity (Wildman–Crippen MR) is 123 cm³/mol. The van der Waals surface area contributed by atoms with E-state index in [1.54, 1.807) is 19.1 Å². The van der Waals surface area contributed by atoms with Crippen LogP contribution in [0.15, 0.2) is 46.7 Å². The maximum atomic E-state index is 13.5. The average molecular weight is 452 g/mol. The van der Waals surface area contributed by atoms with Gasteiger partial charge in [0.2, 0.25) is 0 Å². The number of carbonyl (C=O) groups is 2. The zero-order valence-electron chi connectivity index (χ0n) is 19.1. The van der Waals surface area contributed by atoms with E-state index in [1.165, 1.54) is 33.3 Å². The van der Waals surface area contributed by atoms with Crippen LogP contribution in [0.2, 0.25) is 0 Å². The summed E-state index contributed by atoms with van der Waals surface area (Å²) < 4.78 is 13.5. The summed E-state index contributed by atoms with van der Waals surface area (Å²) in [7, 11) is 4.32. The highest BCUT2D eigenvalue weighted by atomic mass is 19.1. The summed E-state index contributed by atoms with van der Waals surface area (Å²) in [5.41, 5.74) is 3.08. The molecule has 0 aliphatic carbocycles. The highest BCUT2D eigenvalue weighted by Gasteiger charge is 2.19. The van der Waals surface area contributed by atoms with E-state index >= 15 is 0 Å². The molecular formula is C24H25FN4O4. The van der Waals surface area contributed by atoms with E-state index in [2.05, 4.69) is 32.8 Å². The van der Waals surface area contributed by atoms with Gasteiger partial charge in [-0.2, -0.15) is 0 Å². The highest BCUT2D eigenvalue weighted by molar-refractivity contribution is 6.45. The van der Waals surface area contributed by atoms with Gasteiger partial charge in [0.15, 0.2) is 5.71 Å². The van der Waals surface area contributed by atoms with Crippen molar-refractivity contribution in [1.82, 2.24) is 10.6 Å². The van der Waals surface area contributed by atoms with Crippen molar-refractivity contribution in [2.75, 3.05) is 21.2 Å². The van der Waals surface area contributed by atoms with Crippen molar-refractivity contribution in [3.63, 3.8) is 0 Å². The molecule has 2 N–H and O–H groups in total. The Hall–Kier alpha value is -4.19. The minimum atomic E-state index is -0.532. The van der Waals surface area contributed by atoms with Crippen LogP contribution in [0.5, 0.6) is 0 Å². The number of likely N-dealkylation sites (N-methyl/N-ethyl adjacent to an activating group) is 1. The van der Waals surface area contributed by atoms with E-state index in [0.29, 0.717) is 22.4 Å². The number of amides is 2. The fraction of sp³-hybridized carbons (Fsp3) is 0.250. The number of carbonyl (C=O) groups excluding carboxylic acids is 2. The molecule has 0 aliphatic rings. The Bertz CT molecular complexity index is 1160. The minimum absolute atomic E-state index is 0.0563. The van der Waals surface area contributed by atoms with E-state index in [4.69, 9.17) is 9.68 Å². The average Bonchev–Trinajstić information content (AvgIpc) is 2.81. The van der Waals surface area contributed by atoms with Gasteiger partial charge >= 0.3 is 0 Å². The third-order valence-electron chi connectivity index (χ3n) is 4.53. The van der Waals surface area contributed by atoms with Crippen LogP contribution in [0.3, 0.4) is 0 Å². The normalized spacial score (nSPS) is 11.2. The number of halogens is 1. The molecule has 2 aromatic rings. The van der Waals surface area contributed by atoms with Gasteiger partial charge in [0, 0.05) is 30.8 Å². The monoisotopic (exact) mass is 452 g/mol. The summed E-state index contributed by atoms with van der Waals surface area (Å²) in [5, 5.41) is 12.8. The van der Waals surface area contributed by atoms with Crippen LogP contribution in [0.25, 0.3) is 0 Å². The number of rotatable bonds is 7. The molecule has 0 fully saturated rings.